The predicted octanol–water partition coefficient (Wildman–Crippen LogP) is 3.93. The van der Waals surface area contributed by atoms with E-state index in [2.05, 4.69) is 10.3 Å². The SMILES string of the molecule is CCCn1cc(NC(=O)c2c(C)c(CC)nc3ccccc23)ccc1=O. The number of carbonyl (C=O) groups is 1. The summed E-state index contributed by atoms with van der Waals surface area (Å²) >= 11 is 0. The first-order valence-corrected chi connectivity index (χ1v) is 8.95. The largest absolute Gasteiger partial charge is 0.321 e. The van der Waals surface area contributed by atoms with Gasteiger partial charge in [-0.2, -0.15) is 0 Å². The van der Waals surface area contributed by atoms with Gasteiger partial charge in [-0.3, -0.25) is 14.6 Å². The van der Waals surface area contributed by atoms with Crippen LogP contribution in [-0.4, -0.2) is 15.5 Å². The van der Waals surface area contributed by atoms with Crippen molar-refractivity contribution in [3.05, 3.63) is 69.8 Å². The van der Waals surface area contributed by atoms with Crippen molar-refractivity contribution in [2.24, 2.45) is 0 Å². The predicted molar refractivity (Wildman–Crippen MR) is 105 cm³/mol. The molecule has 134 valence electrons. The minimum atomic E-state index is -0.183. The van der Waals surface area contributed by atoms with Crippen molar-refractivity contribution in [3.63, 3.8) is 0 Å². The Morgan fingerprint density at radius 1 is 1.15 bits per heavy atom. The molecule has 5 heteroatoms. The molecule has 1 aromatic carbocycles. The summed E-state index contributed by atoms with van der Waals surface area (Å²) in [5, 5.41) is 3.78. The topological polar surface area (TPSA) is 64.0 Å². The highest BCUT2D eigenvalue weighted by Crippen LogP contribution is 2.24. The Balaban J connectivity index is 2.04. The zero-order valence-corrected chi connectivity index (χ0v) is 15.4. The number of fused-ring (bicyclic) bond motifs is 1. The molecule has 0 radical (unpaired) electrons. The molecular weight excluding hydrogens is 326 g/mol. The zero-order chi connectivity index (χ0) is 18.7. The molecule has 0 fully saturated rings. The molecule has 3 rings (SSSR count). The average molecular weight is 349 g/mol. The van der Waals surface area contributed by atoms with E-state index in [1.54, 1.807) is 16.8 Å². The highest BCUT2D eigenvalue weighted by atomic mass is 16.1. The van der Waals surface area contributed by atoms with Gasteiger partial charge in [-0.15, -0.1) is 0 Å². The van der Waals surface area contributed by atoms with E-state index in [9.17, 15) is 9.59 Å². The molecule has 26 heavy (non-hydrogen) atoms. The molecule has 0 aliphatic carbocycles. The zero-order valence-electron chi connectivity index (χ0n) is 15.4. The van der Waals surface area contributed by atoms with Crippen molar-refractivity contribution in [3.8, 4) is 0 Å². The number of hydrogen-bond donors (Lipinski definition) is 1. The molecule has 2 aromatic heterocycles. The van der Waals surface area contributed by atoms with Gasteiger partial charge in [0.1, 0.15) is 0 Å². The Kier molecular flexibility index (Phi) is 5.16. The molecule has 0 unspecified atom stereocenters. The van der Waals surface area contributed by atoms with E-state index in [-0.39, 0.29) is 11.5 Å². The van der Waals surface area contributed by atoms with Crippen LogP contribution in [0.2, 0.25) is 0 Å². The number of nitrogens with zero attached hydrogens (tertiary/aromatic N) is 2. The van der Waals surface area contributed by atoms with Crippen LogP contribution < -0.4 is 10.9 Å². The molecule has 5 nitrogen and oxygen atoms in total. The highest BCUT2D eigenvalue weighted by molar-refractivity contribution is 6.13. The number of para-hydroxylation sites is 1. The summed E-state index contributed by atoms with van der Waals surface area (Å²) < 4.78 is 1.62. The van der Waals surface area contributed by atoms with E-state index in [1.807, 2.05) is 45.0 Å². The maximum atomic E-state index is 13.0. The van der Waals surface area contributed by atoms with Crippen molar-refractivity contribution in [2.75, 3.05) is 5.32 Å². The van der Waals surface area contributed by atoms with Gasteiger partial charge >= 0.3 is 0 Å². The molecule has 0 saturated carbocycles. The lowest BCUT2D eigenvalue weighted by Crippen LogP contribution is -2.21. The third-order valence-corrected chi connectivity index (χ3v) is 4.50. The number of carbonyl (C=O) groups excluding carboxylic acids is 1. The summed E-state index contributed by atoms with van der Waals surface area (Å²) in [5.74, 6) is -0.183. The van der Waals surface area contributed by atoms with Gasteiger partial charge in [0.05, 0.1) is 16.8 Å². The van der Waals surface area contributed by atoms with Crippen molar-refractivity contribution in [2.45, 2.75) is 40.2 Å². The smallest absolute Gasteiger partial charge is 0.256 e. The molecule has 2 heterocycles. The summed E-state index contributed by atoms with van der Waals surface area (Å²) in [4.78, 5) is 29.6. The van der Waals surface area contributed by atoms with Crippen LogP contribution in [0.5, 0.6) is 0 Å². The lowest BCUT2D eigenvalue weighted by Gasteiger charge is -2.14. The van der Waals surface area contributed by atoms with Crippen molar-refractivity contribution in [1.29, 1.82) is 0 Å². The van der Waals surface area contributed by atoms with Crippen LogP contribution in [0.15, 0.2) is 47.4 Å². The summed E-state index contributed by atoms with van der Waals surface area (Å²) in [7, 11) is 0. The lowest BCUT2D eigenvalue weighted by molar-refractivity contribution is 0.102. The lowest BCUT2D eigenvalue weighted by atomic mass is 9.99. The minimum absolute atomic E-state index is 0.0661. The number of aromatic nitrogens is 2. The molecule has 0 aliphatic rings. The van der Waals surface area contributed by atoms with Crippen molar-refractivity contribution >= 4 is 22.5 Å². The second-order valence-electron chi connectivity index (χ2n) is 6.33. The number of benzene rings is 1. The number of amides is 1. The third kappa shape index (κ3) is 3.38. The van der Waals surface area contributed by atoms with Crippen LogP contribution in [0.1, 0.15) is 41.9 Å². The first-order chi connectivity index (χ1) is 12.5. The average Bonchev–Trinajstić information content (AvgIpc) is 2.64. The summed E-state index contributed by atoms with van der Waals surface area (Å²) in [6.45, 7) is 6.60. The fourth-order valence-corrected chi connectivity index (χ4v) is 3.21. The van der Waals surface area contributed by atoms with Crippen LogP contribution >= 0.6 is 0 Å². The molecule has 3 aromatic rings. The Bertz CT molecular complexity index is 1020. The Hall–Kier alpha value is -2.95. The summed E-state index contributed by atoms with van der Waals surface area (Å²) in [6.07, 6.45) is 3.31. The van der Waals surface area contributed by atoms with Gasteiger partial charge < -0.3 is 9.88 Å². The van der Waals surface area contributed by atoms with Crippen LogP contribution in [0, 0.1) is 6.92 Å². The normalized spacial score (nSPS) is 10.9. The van der Waals surface area contributed by atoms with Gasteiger partial charge in [-0.25, -0.2) is 0 Å². The standard InChI is InChI=1S/C21H23N3O2/c1-4-12-24-13-15(10-11-19(24)25)22-21(26)20-14(3)17(5-2)23-18-9-7-6-8-16(18)20/h6-11,13H,4-5,12H2,1-3H3,(H,22,26). The maximum Gasteiger partial charge on any atom is 0.256 e. The van der Waals surface area contributed by atoms with Crippen molar-refractivity contribution < 1.29 is 4.79 Å². The molecule has 1 N–H and O–H groups in total. The first-order valence-electron chi connectivity index (χ1n) is 8.95. The minimum Gasteiger partial charge on any atom is -0.321 e. The second kappa shape index (κ2) is 7.52. The Labute approximate surface area is 152 Å². The van der Waals surface area contributed by atoms with Crippen LogP contribution in [0.4, 0.5) is 5.69 Å². The number of hydrogen-bond acceptors (Lipinski definition) is 3. The third-order valence-electron chi connectivity index (χ3n) is 4.50. The monoisotopic (exact) mass is 349 g/mol. The van der Waals surface area contributed by atoms with Crippen LogP contribution in [0.25, 0.3) is 10.9 Å². The Morgan fingerprint density at radius 2 is 1.92 bits per heavy atom. The quantitative estimate of drug-likeness (QED) is 0.759. The van der Waals surface area contributed by atoms with Gasteiger partial charge in [0.2, 0.25) is 0 Å². The van der Waals surface area contributed by atoms with E-state index in [1.165, 1.54) is 6.07 Å². The first kappa shape index (κ1) is 17.9. The Morgan fingerprint density at radius 3 is 2.65 bits per heavy atom. The van der Waals surface area contributed by atoms with E-state index in [0.29, 0.717) is 17.8 Å². The molecular formula is C21H23N3O2. The van der Waals surface area contributed by atoms with E-state index in [4.69, 9.17) is 0 Å². The van der Waals surface area contributed by atoms with Gasteiger partial charge in [0, 0.05) is 29.9 Å². The highest BCUT2D eigenvalue weighted by Gasteiger charge is 2.17. The fourth-order valence-electron chi connectivity index (χ4n) is 3.21. The second-order valence-corrected chi connectivity index (χ2v) is 6.33. The maximum absolute atomic E-state index is 13.0. The molecule has 0 aliphatic heterocycles. The van der Waals surface area contributed by atoms with Gasteiger partial charge in [0.15, 0.2) is 0 Å². The van der Waals surface area contributed by atoms with Gasteiger partial charge in [-0.1, -0.05) is 32.0 Å². The number of anilines is 1. The number of pyridine rings is 2. The molecule has 0 bridgehead atoms. The molecule has 0 spiro atoms. The molecule has 0 atom stereocenters. The summed E-state index contributed by atoms with van der Waals surface area (Å²) in [5.41, 5.74) is 3.82. The fraction of sp³-hybridized carbons (Fsp3) is 0.286. The van der Waals surface area contributed by atoms with E-state index < -0.39 is 0 Å². The number of rotatable bonds is 5. The van der Waals surface area contributed by atoms with Crippen LogP contribution in [-0.2, 0) is 13.0 Å². The van der Waals surface area contributed by atoms with Crippen molar-refractivity contribution in [1.82, 2.24) is 9.55 Å². The van der Waals surface area contributed by atoms with E-state index >= 15 is 0 Å². The number of aryl methyl sites for hydroxylation is 2. The molecule has 0 saturated heterocycles. The van der Waals surface area contributed by atoms with Gasteiger partial charge in [0.25, 0.3) is 11.5 Å². The molecule has 1 amide bonds. The van der Waals surface area contributed by atoms with Crippen LogP contribution in [0.3, 0.4) is 0 Å². The number of nitrogens with one attached hydrogen (secondary N) is 1. The van der Waals surface area contributed by atoms with Gasteiger partial charge in [-0.05, 0) is 37.5 Å². The summed E-state index contributed by atoms with van der Waals surface area (Å²) in [6, 6.07) is 10.8. The van der Waals surface area contributed by atoms with E-state index in [0.717, 1.165) is 35.0 Å².